The number of aliphatic imine (C=N–C) groups is 1. The van der Waals surface area contributed by atoms with E-state index in [1.54, 1.807) is 11.3 Å². The summed E-state index contributed by atoms with van der Waals surface area (Å²) in [5.74, 6) is 0.847. The van der Waals surface area contributed by atoms with E-state index in [9.17, 15) is 0 Å². The van der Waals surface area contributed by atoms with E-state index < -0.39 is 0 Å². The maximum Gasteiger partial charge on any atom is 0.191 e. The van der Waals surface area contributed by atoms with Crippen LogP contribution in [0.5, 0.6) is 0 Å². The lowest BCUT2D eigenvalue weighted by atomic mass is 10.1. The van der Waals surface area contributed by atoms with Crippen LogP contribution >= 0.6 is 11.3 Å². The maximum atomic E-state index is 6.12. The minimum absolute atomic E-state index is 0.395. The molecule has 0 amide bonds. The van der Waals surface area contributed by atoms with E-state index in [1.807, 2.05) is 6.20 Å². The summed E-state index contributed by atoms with van der Waals surface area (Å²) in [6, 6.07) is 10.7. The number of hydrogen-bond donors (Lipinski definition) is 2. The van der Waals surface area contributed by atoms with Gasteiger partial charge in [0.2, 0.25) is 0 Å². The fourth-order valence-electron chi connectivity index (χ4n) is 3.57. The molecule has 1 saturated heterocycles. The van der Waals surface area contributed by atoms with Gasteiger partial charge < -0.3 is 15.4 Å². The standard InChI is InChI=1S/C23H35N5OS/c1-3-24-23(27-17-22-26-16-19(2)30-22)25-12-7-15-29-21-10-13-28(14-11-21)18-20-8-5-4-6-9-20/h4-6,8-9,16,21H,3,7,10-15,17-18H2,1-2H3,(H2,24,25,27). The predicted molar refractivity (Wildman–Crippen MR) is 125 cm³/mol. The molecular formula is C23H35N5OS. The van der Waals surface area contributed by atoms with Crippen molar-refractivity contribution in [2.75, 3.05) is 32.8 Å². The molecule has 0 bridgehead atoms. The number of nitrogens with zero attached hydrogens (tertiary/aromatic N) is 3. The molecule has 0 atom stereocenters. The number of thiazole rings is 1. The molecule has 6 nitrogen and oxygen atoms in total. The highest BCUT2D eigenvalue weighted by Gasteiger charge is 2.19. The molecule has 2 heterocycles. The van der Waals surface area contributed by atoms with Gasteiger partial charge in [-0.05, 0) is 38.7 Å². The molecule has 164 valence electrons. The predicted octanol–water partition coefficient (Wildman–Crippen LogP) is 3.58. The van der Waals surface area contributed by atoms with Gasteiger partial charge in [0.1, 0.15) is 5.01 Å². The van der Waals surface area contributed by atoms with Gasteiger partial charge in [-0.2, -0.15) is 0 Å². The third-order valence-corrected chi connectivity index (χ3v) is 6.03. The quantitative estimate of drug-likeness (QED) is 0.343. The molecule has 30 heavy (non-hydrogen) atoms. The minimum Gasteiger partial charge on any atom is -0.378 e. The van der Waals surface area contributed by atoms with Crippen molar-refractivity contribution in [2.24, 2.45) is 4.99 Å². The fourth-order valence-corrected chi connectivity index (χ4v) is 4.28. The van der Waals surface area contributed by atoms with Gasteiger partial charge in [0, 0.05) is 50.4 Å². The average Bonchev–Trinajstić information content (AvgIpc) is 3.19. The molecule has 0 unspecified atom stereocenters. The van der Waals surface area contributed by atoms with Crippen molar-refractivity contribution in [2.45, 2.75) is 52.3 Å². The Bertz CT molecular complexity index is 756. The highest BCUT2D eigenvalue weighted by Crippen LogP contribution is 2.16. The van der Waals surface area contributed by atoms with E-state index in [0.717, 1.165) is 69.6 Å². The van der Waals surface area contributed by atoms with Gasteiger partial charge in [-0.3, -0.25) is 4.90 Å². The lowest BCUT2D eigenvalue weighted by molar-refractivity contribution is 0.00534. The summed E-state index contributed by atoms with van der Waals surface area (Å²) in [7, 11) is 0. The molecular weight excluding hydrogens is 394 g/mol. The largest absolute Gasteiger partial charge is 0.378 e. The zero-order valence-corrected chi connectivity index (χ0v) is 19.1. The fraction of sp³-hybridized carbons (Fsp3) is 0.565. The van der Waals surface area contributed by atoms with Crippen LogP contribution in [0.15, 0.2) is 41.5 Å². The van der Waals surface area contributed by atoms with Crippen LogP contribution in [0.3, 0.4) is 0 Å². The highest BCUT2D eigenvalue weighted by atomic mass is 32.1. The second-order valence-electron chi connectivity index (χ2n) is 7.67. The molecule has 2 N–H and O–H groups in total. The number of nitrogens with one attached hydrogen (secondary N) is 2. The van der Waals surface area contributed by atoms with Crippen LogP contribution in [0.4, 0.5) is 0 Å². The van der Waals surface area contributed by atoms with Crippen molar-refractivity contribution in [3.05, 3.63) is 52.0 Å². The molecule has 0 saturated carbocycles. The van der Waals surface area contributed by atoms with Crippen LogP contribution in [0.25, 0.3) is 0 Å². The van der Waals surface area contributed by atoms with Crippen molar-refractivity contribution in [1.29, 1.82) is 0 Å². The molecule has 3 rings (SSSR count). The summed E-state index contributed by atoms with van der Waals surface area (Å²) >= 11 is 1.70. The second-order valence-corrected chi connectivity index (χ2v) is 8.99. The third-order valence-electron chi connectivity index (χ3n) is 5.14. The van der Waals surface area contributed by atoms with E-state index in [1.165, 1.54) is 10.4 Å². The Labute approximate surface area is 184 Å². The summed E-state index contributed by atoms with van der Waals surface area (Å²) in [6.07, 6.45) is 5.52. The van der Waals surface area contributed by atoms with Crippen molar-refractivity contribution < 1.29 is 4.74 Å². The van der Waals surface area contributed by atoms with Gasteiger partial charge in [-0.25, -0.2) is 9.98 Å². The van der Waals surface area contributed by atoms with Crippen molar-refractivity contribution in [3.8, 4) is 0 Å². The molecule has 0 aliphatic carbocycles. The molecule has 0 radical (unpaired) electrons. The number of ether oxygens (including phenoxy) is 1. The first kappa shape index (κ1) is 22.7. The van der Waals surface area contributed by atoms with Crippen LogP contribution in [0, 0.1) is 6.92 Å². The zero-order valence-electron chi connectivity index (χ0n) is 18.3. The number of guanidine groups is 1. The molecule has 1 fully saturated rings. The number of hydrogen-bond acceptors (Lipinski definition) is 5. The molecule has 1 aromatic heterocycles. The number of piperidine rings is 1. The third kappa shape index (κ3) is 8.05. The Hall–Kier alpha value is -1.96. The summed E-state index contributed by atoms with van der Waals surface area (Å²) < 4.78 is 6.12. The highest BCUT2D eigenvalue weighted by molar-refractivity contribution is 7.11. The van der Waals surface area contributed by atoms with Crippen molar-refractivity contribution in [3.63, 3.8) is 0 Å². The Morgan fingerprint density at radius 1 is 1.23 bits per heavy atom. The van der Waals surface area contributed by atoms with E-state index in [4.69, 9.17) is 4.74 Å². The number of aromatic nitrogens is 1. The summed E-state index contributed by atoms with van der Waals surface area (Å²) in [5.41, 5.74) is 1.39. The summed E-state index contributed by atoms with van der Waals surface area (Å²) in [4.78, 5) is 12.7. The smallest absolute Gasteiger partial charge is 0.191 e. The average molecular weight is 430 g/mol. The first-order valence-corrected chi connectivity index (χ1v) is 11.9. The van der Waals surface area contributed by atoms with Crippen LogP contribution in [-0.4, -0.2) is 54.7 Å². The topological polar surface area (TPSA) is 61.8 Å². The van der Waals surface area contributed by atoms with Gasteiger partial charge in [0.25, 0.3) is 0 Å². The van der Waals surface area contributed by atoms with Crippen LogP contribution < -0.4 is 10.6 Å². The number of aryl methyl sites for hydroxylation is 1. The monoisotopic (exact) mass is 429 g/mol. The van der Waals surface area contributed by atoms with Crippen molar-refractivity contribution in [1.82, 2.24) is 20.5 Å². The second kappa shape index (κ2) is 12.7. The lowest BCUT2D eigenvalue weighted by Crippen LogP contribution is -2.38. The molecule has 1 aromatic carbocycles. The summed E-state index contributed by atoms with van der Waals surface area (Å²) in [5, 5.41) is 7.74. The van der Waals surface area contributed by atoms with Gasteiger partial charge in [0.05, 0.1) is 12.6 Å². The van der Waals surface area contributed by atoms with Crippen LogP contribution in [0.2, 0.25) is 0 Å². The van der Waals surface area contributed by atoms with E-state index >= 15 is 0 Å². The van der Waals surface area contributed by atoms with Gasteiger partial charge in [-0.1, -0.05) is 30.3 Å². The zero-order chi connectivity index (χ0) is 21.0. The Kier molecular flexibility index (Phi) is 9.60. The Morgan fingerprint density at radius 2 is 2.03 bits per heavy atom. The Morgan fingerprint density at radius 3 is 2.73 bits per heavy atom. The number of benzene rings is 1. The molecule has 1 aliphatic rings. The van der Waals surface area contributed by atoms with Gasteiger partial charge >= 0.3 is 0 Å². The minimum atomic E-state index is 0.395. The van der Waals surface area contributed by atoms with Crippen molar-refractivity contribution >= 4 is 17.3 Å². The first-order chi connectivity index (χ1) is 14.7. The SMILES string of the molecule is CCNC(=NCc1ncc(C)s1)NCCCOC1CCN(Cc2ccccc2)CC1. The molecule has 7 heteroatoms. The Balaban J connectivity index is 1.28. The van der Waals surface area contributed by atoms with E-state index in [0.29, 0.717) is 12.6 Å². The lowest BCUT2D eigenvalue weighted by Gasteiger charge is -2.32. The van der Waals surface area contributed by atoms with Crippen LogP contribution in [0.1, 0.15) is 41.6 Å². The first-order valence-electron chi connectivity index (χ1n) is 11.0. The van der Waals surface area contributed by atoms with Gasteiger partial charge in [0.15, 0.2) is 5.96 Å². The summed E-state index contributed by atoms with van der Waals surface area (Å²) in [6.45, 7) is 10.5. The van der Waals surface area contributed by atoms with E-state index in [-0.39, 0.29) is 0 Å². The molecule has 1 aliphatic heterocycles. The number of rotatable bonds is 10. The van der Waals surface area contributed by atoms with Crippen LogP contribution in [-0.2, 0) is 17.8 Å². The van der Waals surface area contributed by atoms with Gasteiger partial charge in [-0.15, -0.1) is 11.3 Å². The molecule has 2 aromatic rings. The molecule has 0 spiro atoms. The maximum absolute atomic E-state index is 6.12. The number of likely N-dealkylation sites (tertiary alicyclic amines) is 1. The van der Waals surface area contributed by atoms with E-state index in [2.05, 4.69) is 69.7 Å². The normalized spacial score (nSPS) is 16.0.